The van der Waals surface area contributed by atoms with E-state index in [-0.39, 0.29) is 14.9 Å². The topological polar surface area (TPSA) is 63.4 Å². The molecule has 2 N–H and O–H groups in total. The van der Waals surface area contributed by atoms with E-state index in [1.165, 1.54) is 10.4 Å². The van der Waals surface area contributed by atoms with Crippen molar-refractivity contribution in [1.82, 2.24) is 4.31 Å². The third-order valence-electron chi connectivity index (χ3n) is 3.26. The van der Waals surface area contributed by atoms with Crippen molar-refractivity contribution in [2.75, 3.05) is 6.54 Å². The molecule has 0 aromatic heterocycles. The average Bonchev–Trinajstić information content (AvgIpc) is 2.41. The number of hydrogen-bond acceptors (Lipinski definition) is 3. The lowest BCUT2D eigenvalue weighted by Crippen LogP contribution is -2.49. The summed E-state index contributed by atoms with van der Waals surface area (Å²) in [6, 6.07) is 2.72. The van der Waals surface area contributed by atoms with Crippen molar-refractivity contribution >= 4 is 38.8 Å². The number of nitrogens with two attached hydrogens (primary N) is 1. The third-order valence-corrected chi connectivity index (χ3v) is 5.92. The van der Waals surface area contributed by atoms with E-state index in [1.54, 1.807) is 0 Å². The summed E-state index contributed by atoms with van der Waals surface area (Å²) in [6.45, 7) is 0.303. The summed E-state index contributed by atoms with van der Waals surface area (Å²) in [5.41, 5.74) is 5.62. The molecule has 0 bridgehead atoms. The highest BCUT2D eigenvalue weighted by Crippen LogP contribution is 2.30. The number of sulfonamides is 1. The lowest BCUT2D eigenvalue weighted by molar-refractivity contribution is 0.306. The van der Waals surface area contributed by atoms with Crippen LogP contribution in [0.1, 0.15) is 19.3 Å². The van der Waals surface area contributed by atoms with Gasteiger partial charge in [0.1, 0.15) is 10.7 Å². The minimum Gasteiger partial charge on any atom is -0.392 e. The van der Waals surface area contributed by atoms with E-state index in [0.717, 1.165) is 18.6 Å². The summed E-state index contributed by atoms with van der Waals surface area (Å²) in [5.74, 6) is -0.656. The fourth-order valence-corrected chi connectivity index (χ4v) is 4.75. The highest BCUT2D eigenvalue weighted by molar-refractivity contribution is 7.89. The van der Waals surface area contributed by atoms with Gasteiger partial charge in [0.25, 0.3) is 0 Å². The van der Waals surface area contributed by atoms with Crippen LogP contribution in [0.15, 0.2) is 23.1 Å². The van der Waals surface area contributed by atoms with Gasteiger partial charge in [-0.25, -0.2) is 12.8 Å². The van der Waals surface area contributed by atoms with E-state index < -0.39 is 21.9 Å². The van der Waals surface area contributed by atoms with Crippen LogP contribution in [0.5, 0.6) is 0 Å². The first-order chi connectivity index (χ1) is 9.34. The minimum absolute atomic E-state index is 0.0151. The molecule has 0 aliphatic carbocycles. The molecule has 1 aliphatic heterocycles. The summed E-state index contributed by atoms with van der Waals surface area (Å²) in [6.07, 6.45) is 2.14. The van der Waals surface area contributed by atoms with E-state index in [1.807, 2.05) is 0 Å². The van der Waals surface area contributed by atoms with E-state index in [0.29, 0.717) is 19.4 Å². The van der Waals surface area contributed by atoms with Crippen LogP contribution in [-0.2, 0) is 10.0 Å². The molecule has 1 aromatic carbocycles. The summed E-state index contributed by atoms with van der Waals surface area (Å²) in [4.78, 5) is -0.122. The van der Waals surface area contributed by atoms with Gasteiger partial charge in [0, 0.05) is 6.54 Å². The van der Waals surface area contributed by atoms with Gasteiger partial charge in [-0.3, -0.25) is 0 Å². The first kappa shape index (κ1) is 15.6. The van der Waals surface area contributed by atoms with Crippen molar-refractivity contribution < 1.29 is 12.8 Å². The number of hydrogen-bond donors (Lipinski definition) is 1. The maximum absolute atomic E-state index is 13.3. The van der Waals surface area contributed by atoms with Crippen LogP contribution in [0, 0.1) is 5.82 Å². The van der Waals surface area contributed by atoms with Gasteiger partial charge >= 0.3 is 0 Å². The summed E-state index contributed by atoms with van der Waals surface area (Å²) in [7, 11) is -3.92. The van der Waals surface area contributed by atoms with Gasteiger partial charge in [0.2, 0.25) is 10.0 Å². The van der Waals surface area contributed by atoms with Crippen molar-refractivity contribution in [1.29, 1.82) is 0 Å². The maximum atomic E-state index is 13.3. The summed E-state index contributed by atoms with van der Waals surface area (Å²) < 4.78 is 39.8. The average molecular weight is 337 g/mol. The second-order valence-corrected chi connectivity index (χ2v) is 7.34. The predicted molar refractivity (Wildman–Crippen MR) is 79.7 cm³/mol. The molecule has 1 aliphatic rings. The van der Waals surface area contributed by atoms with Crippen LogP contribution in [0.4, 0.5) is 4.39 Å². The van der Waals surface area contributed by atoms with Crippen molar-refractivity contribution in [3.8, 4) is 0 Å². The van der Waals surface area contributed by atoms with Gasteiger partial charge in [-0.1, -0.05) is 30.2 Å². The molecule has 20 heavy (non-hydrogen) atoms. The van der Waals surface area contributed by atoms with Crippen LogP contribution < -0.4 is 5.73 Å². The van der Waals surface area contributed by atoms with Gasteiger partial charge in [0.05, 0.1) is 16.1 Å². The smallest absolute Gasteiger partial charge is 0.245 e. The van der Waals surface area contributed by atoms with E-state index >= 15 is 0 Å². The summed E-state index contributed by atoms with van der Waals surface area (Å²) in [5, 5.41) is -0.0151. The molecule has 0 amide bonds. The zero-order valence-electron chi connectivity index (χ0n) is 10.6. The number of halogens is 2. The molecule has 1 heterocycles. The van der Waals surface area contributed by atoms with Gasteiger partial charge in [-0.15, -0.1) is 0 Å². The Morgan fingerprint density at radius 2 is 2.15 bits per heavy atom. The minimum atomic E-state index is -3.92. The molecular weight excluding hydrogens is 323 g/mol. The first-order valence-electron chi connectivity index (χ1n) is 6.10. The first-order valence-corrected chi connectivity index (χ1v) is 8.33. The Bertz CT molecular complexity index is 636. The highest BCUT2D eigenvalue weighted by Gasteiger charge is 2.36. The number of thiocarbonyl (C=S) groups is 1. The summed E-state index contributed by atoms with van der Waals surface area (Å²) >= 11 is 10.8. The van der Waals surface area contributed by atoms with Crippen LogP contribution in [0.25, 0.3) is 0 Å². The number of rotatable bonds is 3. The molecule has 1 atom stereocenters. The second-order valence-electron chi connectivity index (χ2n) is 4.60. The normalized spacial score (nSPS) is 20.8. The molecular formula is C12H14ClFN2O2S2. The Morgan fingerprint density at radius 3 is 2.80 bits per heavy atom. The largest absolute Gasteiger partial charge is 0.392 e. The lowest BCUT2D eigenvalue weighted by atomic mass is 10.1. The van der Waals surface area contributed by atoms with E-state index in [9.17, 15) is 12.8 Å². The maximum Gasteiger partial charge on any atom is 0.245 e. The van der Waals surface area contributed by atoms with Crippen LogP contribution in [0.3, 0.4) is 0 Å². The molecule has 1 unspecified atom stereocenters. The lowest BCUT2D eigenvalue weighted by Gasteiger charge is -2.34. The molecule has 8 heteroatoms. The molecule has 0 saturated carbocycles. The standard InChI is InChI=1S/C12H14ClFN2O2S2/c13-9-5-4-8(14)7-11(9)20(17,18)16-6-2-1-3-10(16)12(15)19/h4-5,7,10H,1-3,6H2,(H2,15,19). The molecule has 1 aromatic rings. The predicted octanol–water partition coefficient (Wildman–Crippen LogP) is 2.31. The zero-order valence-corrected chi connectivity index (χ0v) is 12.9. The molecule has 1 fully saturated rings. The van der Waals surface area contributed by atoms with Gasteiger partial charge in [0.15, 0.2) is 0 Å². The molecule has 0 spiro atoms. The molecule has 2 rings (SSSR count). The van der Waals surface area contributed by atoms with Gasteiger partial charge in [-0.2, -0.15) is 4.31 Å². The van der Waals surface area contributed by atoms with Crippen LogP contribution in [-0.4, -0.2) is 30.3 Å². The Labute approximate surface area is 127 Å². The Kier molecular flexibility index (Phi) is 4.63. The Hall–Kier alpha value is -0.760. The monoisotopic (exact) mass is 336 g/mol. The Balaban J connectivity index is 2.47. The SMILES string of the molecule is NC(=S)C1CCCCN1S(=O)(=O)c1cc(F)ccc1Cl. The van der Waals surface area contributed by atoms with Crippen LogP contribution in [0.2, 0.25) is 5.02 Å². The molecule has 0 radical (unpaired) electrons. The number of nitrogens with zero attached hydrogens (tertiary/aromatic N) is 1. The van der Waals surface area contributed by atoms with E-state index in [4.69, 9.17) is 29.6 Å². The quantitative estimate of drug-likeness (QED) is 0.860. The number of benzene rings is 1. The second kappa shape index (κ2) is 5.93. The van der Waals surface area contributed by atoms with Gasteiger partial charge in [-0.05, 0) is 31.0 Å². The van der Waals surface area contributed by atoms with Crippen molar-refractivity contribution in [2.24, 2.45) is 5.73 Å². The fraction of sp³-hybridized carbons (Fsp3) is 0.417. The highest BCUT2D eigenvalue weighted by atomic mass is 35.5. The van der Waals surface area contributed by atoms with Crippen LogP contribution >= 0.6 is 23.8 Å². The number of piperidine rings is 1. The zero-order chi connectivity index (χ0) is 14.9. The van der Waals surface area contributed by atoms with Crippen molar-refractivity contribution in [3.63, 3.8) is 0 Å². The van der Waals surface area contributed by atoms with Gasteiger partial charge < -0.3 is 5.73 Å². The molecule has 1 saturated heterocycles. The van der Waals surface area contributed by atoms with Crippen molar-refractivity contribution in [3.05, 3.63) is 29.0 Å². The molecule has 4 nitrogen and oxygen atoms in total. The third kappa shape index (κ3) is 2.95. The Morgan fingerprint density at radius 1 is 1.45 bits per heavy atom. The molecule has 110 valence electrons. The fourth-order valence-electron chi connectivity index (χ4n) is 2.28. The van der Waals surface area contributed by atoms with E-state index in [2.05, 4.69) is 0 Å². The van der Waals surface area contributed by atoms with Crippen molar-refractivity contribution in [2.45, 2.75) is 30.2 Å².